The van der Waals surface area contributed by atoms with Crippen molar-refractivity contribution < 1.29 is 9.53 Å². The second-order valence-electron chi connectivity index (χ2n) is 8.04. The summed E-state index contributed by atoms with van der Waals surface area (Å²) in [5.41, 5.74) is 3.37. The van der Waals surface area contributed by atoms with Crippen molar-refractivity contribution in [3.8, 4) is 17.1 Å². The number of carbonyl (C=O) groups excluding carboxylic acids is 1. The zero-order chi connectivity index (χ0) is 22.5. The Labute approximate surface area is 193 Å². The number of ether oxygens (including phenoxy) is 1. The Morgan fingerprint density at radius 3 is 2.41 bits per heavy atom. The van der Waals surface area contributed by atoms with Gasteiger partial charge in [0.2, 0.25) is 5.91 Å². The summed E-state index contributed by atoms with van der Waals surface area (Å²) < 4.78 is 7.76. The summed E-state index contributed by atoms with van der Waals surface area (Å²) in [7, 11) is 0. The third-order valence-corrected chi connectivity index (χ3v) is 6.04. The first-order valence-electron chi connectivity index (χ1n) is 11.0. The second kappa shape index (κ2) is 10.1. The molecule has 1 fully saturated rings. The monoisotopic (exact) mass is 451 g/mol. The number of H-pyrrole nitrogens is 1. The van der Waals surface area contributed by atoms with Crippen LogP contribution in [0.1, 0.15) is 18.1 Å². The topological polar surface area (TPSA) is 66.4 Å². The van der Waals surface area contributed by atoms with Crippen LogP contribution in [0.5, 0.6) is 5.75 Å². The Morgan fingerprint density at radius 1 is 1.06 bits per heavy atom. The van der Waals surface area contributed by atoms with Gasteiger partial charge in [-0.15, -0.1) is 0 Å². The molecule has 1 aliphatic heterocycles. The summed E-state index contributed by atoms with van der Waals surface area (Å²) >= 11 is 5.39. The normalized spacial score (nSPS) is 14.5. The molecule has 1 N–H and O–H groups in total. The first kappa shape index (κ1) is 22.2. The van der Waals surface area contributed by atoms with E-state index in [4.69, 9.17) is 17.0 Å². The van der Waals surface area contributed by atoms with Crippen molar-refractivity contribution in [2.45, 2.75) is 26.9 Å². The van der Waals surface area contributed by atoms with E-state index in [2.05, 4.69) is 27.2 Å². The lowest BCUT2D eigenvalue weighted by Gasteiger charge is -2.35. The summed E-state index contributed by atoms with van der Waals surface area (Å²) in [6, 6.07) is 16.3. The van der Waals surface area contributed by atoms with E-state index in [0.29, 0.717) is 30.3 Å². The molecule has 7 nitrogen and oxygen atoms in total. The lowest BCUT2D eigenvalue weighted by molar-refractivity contribution is -0.133. The fraction of sp³-hybridized carbons (Fsp3) is 0.375. The van der Waals surface area contributed by atoms with Crippen LogP contribution in [0.3, 0.4) is 0 Å². The third-order valence-electron chi connectivity index (χ3n) is 5.73. The third kappa shape index (κ3) is 5.26. The van der Waals surface area contributed by atoms with Crippen LogP contribution in [0.4, 0.5) is 0 Å². The van der Waals surface area contributed by atoms with E-state index in [-0.39, 0.29) is 12.5 Å². The Morgan fingerprint density at radius 2 is 1.75 bits per heavy atom. The SMILES string of the molecule is CCOc1ccc(CN2CCN(C(=O)Cn3c(-c4ccc(C)cc4)n[nH]c3=S)CC2)cc1. The molecule has 0 unspecified atom stereocenters. The van der Waals surface area contributed by atoms with Crippen LogP contribution >= 0.6 is 12.2 Å². The summed E-state index contributed by atoms with van der Waals surface area (Å²) in [5, 5.41) is 7.18. The highest BCUT2D eigenvalue weighted by Gasteiger charge is 2.22. The number of carbonyl (C=O) groups is 1. The molecule has 1 amide bonds. The van der Waals surface area contributed by atoms with Crippen molar-refractivity contribution >= 4 is 18.1 Å². The van der Waals surface area contributed by atoms with Crippen LogP contribution in [0.15, 0.2) is 48.5 Å². The van der Waals surface area contributed by atoms with Crippen LogP contribution in [-0.2, 0) is 17.9 Å². The lowest BCUT2D eigenvalue weighted by Crippen LogP contribution is -2.49. The molecule has 2 heterocycles. The summed E-state index contributed by atoms with van der Waals surface area (Å²) in [4.78, 5) is 17.3. The maximum Gasteiger partial charge on any atom is 0.242 e. The Balaban J connectivity index is 1.34. The second-order valence-corrected chi connectivity index (χ2v) is 8.43. The summed E-state index contributed by atoms with van der Waals surface area (Å²) in [6.07, 6.45) is 0. The first-order chi connectivity index (χ1) is 15.5. The molecule has 32 heavy (non-hydrogen) atoms. The molecule has 3 aromatic rings. The van der Waals surface area contributed by atoms with Crippen LogP contribution in [0.2, 0.25) is 0 Å². The lowest BCUT2D eigenvalue weighted by atomic mass is 10.1. The molecular weight excluding hydrogens is 422 g/mol. The molecular formula is C24H29N5O2S. The van der Waals surface area contributed by atoms with Gasteiger partial charge >= 0.3 is 0 Å². The molecule has 0 bridgehead atoms. The number of nitrogens with zero attached hydrogens (tertiary/aromatic N) is 4. The van der Waals surface area contributed by atoms with Gasteiger partial charge in [0.1, 0.15) is 12.3 Å². The van der Waals surface area contributed by atoms with Gasteiger partial charge in [0, 0.05) is 38.3 Å². The standard InChI is InChI=1S/C24H29N5O2S/c1-3-31-21-10-6-19(7-11-21)16-27-12-14-28(15-13-27)22(30)17-29-23(25-26-24(29)32)20-8-4-18(2)5-9-20/h4-11H,3,12-17H2,1-2H3,(H,26,32). The number of hydrogen-bond acceptors (Lipinski definition) is 5. The van der Waals surface area contributed by atoms with Crippen molar-refractivity contribution in [2.24, 2.45) is 0 Å². The average Bonchev–Trinajstić information content (AvgIpc) is 3.16. The molecule has 1 aromatic heterocycles. The highest BCUT2D eigenvalue weighted by molar-refractivity contribution is 7.71. The van der Waals surface area contributed by atoms with Crippen LogP contribution < -0.4 is 4.74 Å². The van der Waals surface area contributed by atoms with E-state index < -0.39 is 0 Å². The quantitative estimate of drug-likeness (QED) is 0.556. The number of aryl methyl sites for hydroxylation is 1. The molecule has 0 radical (unpaired) electrons. The summed E-state index contributed by atoms with van der Waals surface area (Å²) in [6.45, 7) is 8.88. The van der Waals surface area contributed by atoms with E-state index in [1.165, 1.54) is 11.1 Å². The number of benzene rings is 2. The number of aromatic amines is 1. The van der Waals surface area contributed by atoms with Gasteiger partial charge in [-0.25, -0.2) is 0 Å². The summed E-state index contributed by atoms with van der Waals surface area (Å²) in [5.74, 6) is 1.66. The van der Waals surface area contributed by atoms with E-state index in [1.54, 1.807) is 4.57 Å². The zero-order valence-electron chi connectivity index (χ0n) is 18.6. The van der Waals surface area contributed by atoms with Crippen LogP contribution in [0, 0.1) is 11.7 Å². The molecule has 0 spiro atoms. The number of aromatic nitrogens is 3. The van der Waals surface area contributed by atoms with E-state index in [0.717, 1.165) is 30.9 Å². The molecule has 168 valence electrons. The Kier molecular flexibility index (Phi) is 7.02. The van der Waals surface area contributed by atoms with E-state index in [1.807, 2.05) is 55.1 Å². The number of amides is 1. The molecule has 0 saturated carbocycles. The minimum Gasteiger partial charge on any atom is -0.494 e. The largest absolute Gasteiger partial charge is 0.494 e. The van der Waals surface area contributed by atoms with Gasteiger partial charge in [-0.2, -0.15) is 5.10 Å². The zero-order valence-corrected chi connectivity index (χ0v) is 19.4. The van der Waals surface area contributed by atoms with Crippen molar-refractivity contribution in [1.29, 1.82) is 0 Å². The van der Waals surface area contributed by atoms with Crippen molar-refractivity contribution in [1.82, 2.24) is 24.6 Å². The number of rotatable bonds is 7. The fourth-order valence-electron chi connectivity index (χ4n) is 3.89. The van der Waals surface area contributed by atoms with Gasteiger partial charge in [0.15, 0.2) is 10.6 Å². The molecule has 2 aromatic carbocycles. The van der Waals surface area contributed by atoms with Crippen LogP contribution in [-0.4, -0.2) is 63.3 Å². The Hall–Kier alpha value is -2.97. The van der Waals surface area contributed by atoms with Gasteiger partial charge in [-0.3, -0.25) is 19.4 Å². The van der Waals surface area contributed by atoms with Gasteiger partial charge in [-0.1, -0.05) is 42.0 Å². The predicted octanol–water partition coefficient (Wildman–Crippen LogP) is 3.66. The van der Waals surface area contributed by atoms with Gasteiger partial charge in [0.25, 0.3) is 0 Å². The average molecular weight is 452 g/mol. The molecule has 1 aliphatic rings. The molecule has 8 heteroatoms. The smallest absolute Gasteiger partial charge is 0.242 e. The molecule has 1 saturated heterocycles. The number of piperazine rings is 1. The molecule has 0 aliphatic carbocycles. The Bertz CT molecular complexity index is 1100. The van der Waals surface area contributed by atoms with E-state index >= 15 is 0 Å². The van der Waals surface area contributed by atoms with Crippen molar-refractivity contribution in [3.05, 3.63) is 64.4 Å². The molecule has 0 atom stereocenters. The van der Waals surface area contributed by atoms with Gasteiger partial charge < -0.3 is 9.64 Å². The maximum absolute atomic E-state index is 13.0. The number of hydrogen-bond donors (Lipinski definition) is 1. The highest BCUT2D eigenvalue weighted by Crippen LogP contribution is 2.19. The maximum atomic E-state index is 13.0. The predicted molar refractivity (Wildman–Crippen MR) is 127 cm³/mol. The van der Waals surface area contributed by atoms with Crippen LogP contribution in [0.25, 0.3) is 11.4 Å². The van der Waals surface area contributed by atoms with Gasteiger partial charge in [-0.05, 0) is 43.8 Å². The fourth-order valence-corrected chi connectivity index (χ4v) is 4.09. The van der Waals surface area contributed by atoms with E-state index in [9.17, 15) is 4.79 Å². The van der Waals surface area contributed by atoms with Crippen molar-refractivity contribution in [2.75, 3.05) is 32.8 Å². The van der Waals surface area contributed by atoms with Gasteiger partial charge in [0.05, 0.1) is 6.61 Å². The minimum absolute atomic E-state index is 0.0663. The van der Waals surface area contributed by atoms with Crippen molar-refractivity contribution in [3.63, 3.8) is 0 Å². The number of nitrogens with one attached hydrogen (secondary N) is 1. The highest BCUT2D eigenvalue weighted by atomic mass is 32.1. The first-order valence-corrected chi connectivity index (χ1v) is 11.4. The molecule has 4 rings (SSSR count). The minimum atomic E-state index is 0.0663.